The quantitative estimate of drug-likeness (QED) is 0.706. The highest BCUT2D eigenvalue weighted by Gasteiger charge is 2.49. The van der Waals surface area contributed by atoms with E-state index in [4.69, 9.17) is 0 Å². The molecule has 0 amide bonds. The lowest BCUT2D eigenvalue weighted by Gasteiger charge is -2.27. The molecule has 1 N–H and O–H groups in total. The van der Waals surface area contributed by atoms with E-state index in [1.54, 1.807) is 5.57 Å². The van der Waals surface area contributed by atoms with E-state index in [0.717, 1.165) is 23.7 Å². The molecule has 2 bridgehead atoms. The fourth-order valence-corrected chi connectivity index (χ4v) is 4.05. The zero-order chi connectivity index (χ0) is 11.3. The molecule has 0 aromatic heterocycles. The van der Waals surface area contributed by atoms with Crippen LogP contribution in [0.2, 0.25) is 0 Å². The van der Waals surface area contributed by atoms with E-state index in [0.29, 0.717) is 5.92 Å². The Morgan fingerprint density at radius 1 is 1.44 bits per heavy atom. The minimum atomic E-state index is -0.207. The van der Waals surface area contributed by atoms with Crippen LogP contribution in [0.4, 0.5) is 0 Å². The molecule has 6 atom stereocenters. The maximum atomic E-state index is 9.58. The Balaban J connectivity index is 1.79. The number of aliphatic hydroxyl groups is 1. The Labute approximate surface area is 98.2 Å². The Bertz CT molecular complexity index is 339. The first kappa shape index (κ1) is 10.6. The van der Waals surface area contributed by atoms with Gasteiger partial charge in [-0.15, -0.1) is 0 Å². The van der Waals surface area contributed by atoms with E-state index in [9.17, 15) is 5.11 Å². The van der Waals surface area contributed by atoms with Gasteiger partial charge in [0.15, 0.2) is 0 Å². The number of fused-ring (bicyclic) bond motifs is 5. The molecule has 0 aliphatic heterocycles. The number of allylic oxidation sites excluding steroid dienone is 3. The Morgan fingerprint density at radius 2 is 2.25 bits per heavy atom. The predicted molar refractivity (Wildman–Crippen MR) is 65.9 cm³/mol. The molecule has 0 unspecified atom stereocenters. The minimum Gasteiger partial charge on any atom is -0.393 e. The first-order chi connectivity index (χ1) is 7.66. The first-order valence-corrected chi connectivity index (χ1v) is 6.72. The van der Waals surface area contributed by atoms with Gasteiger partial charge in [-0.2, -0.15) is 0 Å². The van der Waals surface area contributed by atoms with Crippen molar-refractivity contribution in [1.82, 2.24) is 0 Å². The van der Waals surface area contributed by atoms with E-state index in [1.165, 1.54) is 19.3 Å². The third kappa shape index (κ3) is 1.48. The summed E-state index contributed by atoms with van der Waals surface area (Å²) in [7, 11) is 0. The van der Waals surface area contributed by atoms with Crippen molar-refractivity contribution in [2.75, 3.05) is 0 Å². The zero-order valence-corrected chi connectivity index (χ0v) is 10.3. The minimum absolute atomic E-state index is 0.207. The van der Waals surface area contributed by atoms with Gasteiger partial charge in [0.1, 0.15) is 0 Å². The summed E-state index contributed by atoms with van der Waals surface area (Å²) in [4.78, 5) is 0. The van der Waals surface area contributed by atoms with Crippen LogP contribution in [-0.2, 0) is 0 Å². The van der Waals surface area contributed by atoms with Crippen LogP contribution in [0.5, 0.6) is 0 Å². The fourth-order valence-electron chi connectivity index (χ4n) is 4.05. The summed E-state index contributed by atoms with van der Waals surface area (Å²) < 4.78 is 0. The lowest BCUT2D eigenvalue weighted by Crippen LogP contribution is -2.20. The average Bonchev–Trinajstić information content (AvgIpc) is 2.87. The van der Waals surface area contributed by atoms with Gasteiger partial charge in [0.2, 0.25) is 0 Å². The number of hydrogen-bond donors (Lipinski definition) is 1. The molecule has 0 saturated heterocycles. The Kier molecular flexibility index (Phi) is 2.47. The number of aliphatic hydroxyl groups excluding tert-OH is 1. The van der Waals surface area contributed by atoms with Crippen LogP contribution >= 0.6 is 0 Å². The molecule has 16 heavy (non-hydrogen) atoms. The Morgan fingerprint density at radius 3 is 3.00 bits per heavy atom. The molecular weight excluding hydrogens is 196 g/mol. The van der Waals surface area contributed by atoms with Crippen LogP contribution in [-0.4, -0.2) is 11.2 Å². The van der Waals surface area contributed by atoms with Crippen LogP contribution in [0.3, 0.4) is 0 Å². The van der Waals surface area contributed by atoms with E-state index in [1.807, 2.05) is 6.92 Å². The second kappa shape index (κ2) is 3.73. The molecule has 0 heterocycles. The van der Waals surface area contributed by atoms with Gasteiger partial charge in [0.25, 0.3) is 0 Å². The largest absolute Gasteiger partial charge is 0.393 e. The van der Waals surface area contributed by atoms with Crippen molar-refractivity contribution >= 4 is 0 Å². The topological polar surface area (TPSA) is 20.2 Å². The van der Waals surface area contributed by atoms with E-state index < -0.39 is 0 Å². The lowest BCUT2D eigenvalue weighted by atomic mass is 9.78. The summed E-state index contributed by atoms with van der Waals surface area (Å²) in [6.45, 7) is 4.03. The highest BCUT2D eigenvalue weighted by atomic mass is 16.3. The molecule has 2 fully saturated rings. The average molecular weight is 218 g/mol. The van der Waals surface area contributed by atoms with Gasteiger partial charge < -0.3 is 5.11 Å². The number of hydrogen-bond acceptors (Lipinski definition) is 1. The third-order valence-corrected chi connectivity index (χ3v) is 5.10. The fraction of sp³-hybridized carbons (Fsp3) is 0.733. The standard InChI is InChI=1S/C15H22O/c1-9(10(2)16)6-11-7-12-8-15(11)14-5-3-4-13(12)14/h3,5-6,9-10,12-16H,4,7-8H2,1-2H3/t9-,10+,12+,13-,14-,15+/m0/s1. The molecule has 3 aliphatic carbocycles. The molecule has 0 aromatic rings. The van der Waals surface area contributed by atoms with Crippen molar-refractivity contribution in [2.45, 2.75) is 39.2 Å². The molecular formula is C15H22O. The smallest absolute Gasteiger partial charge is 0.0572 e. The highest BCUT2D eigenvalue weighted by molar-refractivity contribution is 5.27. The summed E-state index contributed by atoms with van der Waals surface area (Å²) in [6.07, 6.45) is 11.0. The highest BCUT2D eigenvalue weighted by Crippen LogP contribution is 2.58. The zero-order valence-electron chi connectivity index (χ0n) is 10.3. The van der Waals surface area contributed by atoms with E-state index in [-0.39, 0.29) is 6.10 Å². The normalized spacial score (nSPS) is 46.3. The summed E-state index contributed by atoms with van der Waals surface area (Å²) in [5, 5.41) is 9.58. The van der Waals surface area contributed by atoms with Crippen molar-refractivity contribution in [2.24, 2.45) is 29.6 Å². The summed E-state index contributed by atoms with van der Waals surface area (Å²) in [6, 6.07) is 0. The molecule has 0 radical (unpaired) electrons. The maximum Gasteiger partial charge on any atom is 0.0572 e. The third-order valence-electron chi connectivity index (χ3n) is 5.10. The van der Waals surface area contributed by atoms with Crippen molar-refractivity contribution in [3.63, 3.8) is 0 Å². The van der Waals surface area contributed by atoms with Crippen molar-refractivity contribution in [3.8, 4) is 0 Å². The van der Waals surface area contributed by atoms with E-state index in [2.05, 4.69) is 25.2 Å². The number of rotatable bonds is 2. The van der Waals surface area contributed by atoms with E-state index >= 15 is 0 Å². The molecule has 2 saturated carbocycles. The van der Waals surface area contributed by atoms with Gasteiger partial charge in [0.05, 0.1) is 6.10 Å². The lowest BCUT2D eigenvalue weighted by molar-refractivity contribution is 0.156. The molecule has 3 rings (SSSR count). The van der Waals surface area contributed by atoms with Gasteiger partial charge in [-0.25, -0.2) is 0 Å². The monoisotopic (exact) mass is 218 g/mol. The van der Waals surface area contributed by atoms with Gasteiger partial charge in [-0.1, -0.05) is 30.7 Å². The Hall–Kier alpha value is -0.560. The molecule has 88 valence electrons. The SMILES string of the molecule is C[C@@H](O)[C@@H](C)C=C1C[C@@H]2C[C@H]1[C@H]1C=CC[C@@H]21. The van der Waals surface area contributed by atoms with Gasteiger partial charge in [0, 0.05) is 0 Å². The molecule has 0 spiro atoms. The second-order valence-corrected chi connectivity index (χ2v) is 6.05. The van der Waals surface area contributed by atoms with Crippen LogP contribution < -0.4 is 0 Å². The van der Waals surface area contributed by atoms with Crippen LogP contribution in [0.15, 0.2) is 23.8 Å². The van der Waals surface area contributed by atoms with Crippen molar-refractivity contribution in [1.29, 1.82) is 0 Å². The predicted octanol–water partition coefficient (Wildman–Crippen LogP) is 3.16. The van der Waals surface area contributed by atoms with Crippen LogP contribution in [0.25, 0.3) is 0 Å². The first-order valence-electron chi connectivity index (χ1n) is 6.72. The molecule has 3 aliphatic rings. The second-order valence-electron chi connectivity index (χ2n) is 6.05. The van der Waals surface area contributed by atoms with Crippen LogP contribution in [0.1, 0.15) is 33.1 Å². The van der Waals surface area contributed by atoms with Gasteiger partial charge in [-0.3, -0.25) is 0 Å². The van der Waals surface area contributed by atoms with Gasteiger partial charge >= 0.3 is 0 Å². The summed E-state index contributed by atoms with van der Waals surface area (Å²) in [5.74, 6) is 3.88. The maximum absolute atomic E-state index is 9.58. The van der Waals surface area contributed by atoms with Crippen LogP contribution in [0, 0.1) is 29.6 Å². The molecule has 1 nitrogen and oxygen atoms in total. The summed E-state index contributed by atoms with van der Waals surface area (Å²) in [5.41, 5.74) is 1.64. The molecule has 0 aromatic carbocycles. The van der Waals surface area contributed by atoms with Crippen molar-refractivity contribution < 1.29 is 5.11 Å². The van der Waals surface area contributed by atoms with Gasteiger partial charge in [-0.05, 0) is 55.8 Å². The molecule has 1 heteroatoms. The summed E-state index contributed by atoms with van der Waals surface area (Å²) >= 11 is 0. The van der Waals surface area contributed by atoms with Crippen molar-refractivity contribution in [3.05, 3.63) is 23.8 Å².